The fraction of sp³-hybridized carbons (Fsp3) is 0.633. The van der Waals surface area contributed by atoms with Crippen LogP contribution in [0.1, 0.15) is 82.9 Å². The highest BCUT2D eigenvalue weighted by Gasteiger charge is 2.33. The molecule has 1 aromatic carbocycles. The second-order valence-electron chi connectivity index (χ2n) is 12.1. The van der Waals surface area contributed by atoms with Crippen LogP contribution in [0.25, 0.3) is 11.0 Å². The molecule has 0 radical (unpaired) electrons. The van der Waals surface area contributed by atoms with Gasteiger partial charge in [0.25, 0.3) is 5.91 Å². The van der Waals surface area contributed by atoms with Crippen molar-refractivity contribution in [2.24, 2.45) is 11.8 Å². The molecule has 0 unspecified atom stereocenters. The monoisotopic (exact) mass is 524 g/mol. The molecule has 1 fully saturated rings. The zero-order valence-corrected chi connectivity index (χ0v) is 23.0. The summed E-state index contributed by atoms with van der Waals surface area (Å²) in [6, 6.07) is 2.02. The van der Waals surface area contributed by atoms with Crippen LogP contribution in [0.5, 0.6) is 11.5 Å². The molecule has 38 heavy (non-hydrogen) atoms. The molecule has 8 heteroatoms. The molecule has 3 aliphatic rings. The molecule has 1 aliphatic heterocycles. The lowest BCUT2D eigenvalue weighted by molar-refractivity contribution is -0.127. The largest absolute Gasteiger partial charge is 0.487 e. The van der Waals surface area contributed by atoms with Gasteiger partial charge in [-0.1, -0.05) is 0 Å². The summed E-state index contributed by atoms with van der Waals surface area (Å²) in [5.74, 6) is 1.57. The smallest absolute Gasteiger partial charge is 0.339 e. The standard InChI is InChI=1S/C30H40N2O6/c1-17(2)32-28(34)19-10-8-18(9-11-19)15-31-25(33)16-36-24-14-23-22(12-13-30(3,4)38-23)27-26(24)20-6-5-7-21(20)29(35)37-27/h14,17-19H,5-13,15-16H2,1-4H3,(H,31,33)(H,32,34). The number of ether oxygens (including phenoxy) is 2. The Kier molecular flexibility index (Phi) is 7.43. The van der Waals surface area contributed by atoms with E-state index in [2.05, 4.69) is 10.6 Å². The molecule has 0 saturated heterocycles. The predicted molar refractivity (Wildman–Crippen MR) is 145 cm³/mol. The number of hydrogen-bond donors (Lipinski definition) is 2. The van der Waals surface area contributed by atoms with Gasteiger partial charge in [0.15, 0.2) is 6.61 Å². The first kappa shape index (κ1) is 26.6. The average Bonchev–Trinajstić information content (AvgIpc) is 3.36. The van der Waals surface area contributed by atoms with Gasteiger partial charge in [-0.25, -0.2) is 4.79 Å². The molecule has 1 saturated carbocycles. The van der Waals surface area contributed by atoms with E-state index >= 15 is 0 Å². The third-order valence-corrected chi connectivity index (χ3v) is 8.23. The molecule has 2 aliphatic carbocycles. The van der Waals surface area contributed by atoms with E-state index in [1.807, 2.05) is 33.8 Å². The summed E-state index contributed by atoms with van der Waals surface area (Å²) >= 11 is 0. The van der Waals surface area contributed by atoms with E-state index in [-0.39, 0.29) is 41.6 Å². The molecule has 5 rings (SSSR count). The van der Waals surface area contributed by atoms with E-state index in [9.17, 15) is 14.4 Å². The number of aryl methyl sites for hydroxylation is 2. The average molecular weight is 525 g/mol. The number of amides is 2. The van der Waals surface area contributed by atoms with Crippen LogP contribution in [-0.2, 0) is 28.9 Å². The highest BCUT2D eigenvalue weighted by molar-refractivity contribution is 5.93. The summed E-state index contributed by atoms with van der Waals surface area (Å²) in [6.07, 6.45) is 7.52. The SMILES string of the molecule is CC(C)NC(=O)C1CCC(CNC(=O)COc2cc3c(c4oc(=O)c5c(c24)CCC5)CCC(C)(C)O3)CC1. The Morgan fingerprint density at radius 1 is 1.08 bits per heavy atom. The number of carbonyl (C=O) groups excluding carboxylic acids is 2. The Balaban J connectivity index is 1.26. The van der Waals surface area contributed by atoms with E-state index in [4.69, 9.17) is 13.9 Å². The summed E-state index contributed by atoms with van der Waals surface area (Å²) in [5.41, 5.74) is 2.54. The highest BCUT2D eigenvalue weighted by atomic mass is 16.5. The van der Waals surface area contributed by atoms with Crippen molar-refractivity contribution in [2.75, 3.05) is 13.2 Å². The molecule has 0 atom stereocenters. The quantitative estimate of drug-likeness (QED) is 0.526. The maximum atomic E-state index is 12.8. The Hall–Kier alpha value is -3.03. The van der Waals surface area contributed by atoms with Crippen molar-refractivity contribution >= 4 is 22.8 Å². The van der Waals surface area contributed by atoms with Crippen molar-refractivity contribution in [3.8, 4) is 11.5 Å². The second kappa shape index (κ2) is 10.6. The van der Waals surface area contributed by atoms with E-state index in [0.717, 1.165) is 73.4 Å². The van der Waals surface area contributed by atoms with Gasteiger partial charge in [0.1, 0.15) is 22.7 Å². The third-order valence-electron chi connectivity index (χ3n) is 8.23. The molecule has 2 aromatic rings. The van der Waals surface area contributed by atoms with Gasteiger partial charge in [-0.15, -0.1) is 0 Å². The van der Waals surface area contributed by atoms with Crippen molar-refractivity contribution in [1.29, 1.82) is 0 Å². The molecule has 206 valence electrons. The normalized spacial score (nSPS) is 21.9. The Bertz CT molecular complexity index is 1290. The number of nitrogens with one attached hydrogen (secondary N) is 2. The van der Waals surface area contributed by atoms with Crippen LogP contribution in [-0.4, -0.2) is 36.6 Å². The Labute approximate surface area is 223 Å². The van der Waals surface area contributed by atoms with Crippen molar-refractivity contribution < 1.29 is 23.5 Å². The molecular formula is C30H40N2O6. The maximum absolute atomic E-state index is 12.8. The molecule has 2 N–H and O–H groups in total. The minimum absolute atomic E-state index is 0.0685. The van der Waals surface area contributed by atoms with Gasteiger partial charge in [-0.05, 0) is 97.0 Å². The molecule has 0 bridgehead atoms. The van der Waals surface area contributed by atoms with Crippen LogP contribution >= 0.6 is 0 Å². The van der Waals surface area contributed by atoms with Crippen molar-refractivity contribution in [3.05, 3.63) is 33.2 Å². The van der Waals surface area contributed by atoms with Gasteiger partial charge in [0.2, 0.25) is 5.91 Å². The number of fused-ring (bicyclic) bond motifs is 5. The minimum atomic E-state index is -0.333. The van der Waals surface area contributed by atoms with E-state index in [1.165, 1.54) is 0 Å². The maximum Gasteiger partial charge on any atom is 0.339 e. The summed E-state index contributed by atoms with van der Waals surface area (Å²) in [5, 5.41) is 6.83. The molecule has 8 nitrogen and oxygen atoms in total. The number of rotatable bonds is 7. The van der Waals surface area contributed by atoms with Gasteiger partial charge in [0.05, 0.1) is 5.39 Å². The van der Waals surface area contributed by atoms with Crippen molar-refractivity contribution in [1.82, 2.24) is 10.6 Å². The zero-order chi connectivity index (χ0) is 27.0. The van der Waals surface area contributed by atoms with Gasteiger partial charge >= 0.3 is 5.63 Å². The van der Waals surface area contributed by atoms with Gasteiger partial charge in [-0.3, -0.25) is 9.59 Å². The van der Waals surface area contributed by atoms with Crippen LogP contribution < -0.4 is 25.7 Å². The molecule has 1 aromatic heterocycles. The Morgan fingerprint density at radius 3 is 2.55 bits per heavy atom. The minimum Gasteiger partial charge on any atom is -0.487 e. The van der Waals surface area contributed by atoms with Crippen LogP contribution in [0.2, 0.25) is 0 Å². The summed E-state index contributed by atoms with van der Waals surface area (Å²) in [6.45, 7) is 8.48. The topological polar surface area (TPSA) is 107 Å². The fourth-order valence-corrected chi connectivity index (χ4v) is 6.15. The first-order valence-corrected chi connectivity index (χ1v) is 14.1. The predicted octanol–water partition coefficient (Wildman–Crippen LogP) is 4.21. The summed E-state index contributed by atoms with van der Waals surface area (Å²) in [4.78, 5) is 37.8. The number of carbonyl (C=O) groups is 2. The third kappa shape index (κ3) is 5.54. The second-order valence-corrected chi connectivity index (χ2v) is 12.1. The molecule has 2 heterocycles. The summed E-state index contributed by atoms with van der Waals surface area (Å²) in [7, 11) is 0. The molecule has 2 amide bonds. The molecular weight excluding hydrogens is 484 g/mol. The summed E-state index contributed by atoms with van der Waals surface area (Å²) < 4.78 is 18.2. The highest BCUT2D eigenvalue weighted by Crippen LogP contribution is 2.44. The first-order valence-electron chi connectivity index (χ1n) is 14.1. The number of hydrogen-bond acceptors (Lipinski definition) is 6. The van der Waals surface area contributed by atoms with Gasteiger partial charge in [0, 0.05) is 35.7 Å². The van der Waals surface area contributed by atoms with Crippen LogP contribution in [0.4, 0.5) is 0 Å². The van der Waals surface area contributed by atoms with E-state index in [1.54, 1.807) is 0 Å². The van der Waals surface area contributed by atoms with Crippen molar-refractivity contribution in [3.63, 3.8) is 0 Å². The lowest BCUT2D eigenvalue weighted by Crippen LogP contribution is -2.39. The molecule has 0 spiro atoms. The van der Waals surface area contributed by atoms with E-state index < -0.39 is 0 Å². The zero-order valence-electron chi connectivity index (χ0n) is 23.0. The van der Waals surface area contributed by atoms with Crippen LogP contribution in [0.15, 0.2) is 15.3 Å². The van der Waals surface area contributed by atoms with Crippen LogP contribution in [0.3, 0.4) is 0 Å². The Morgan fingerprint density at radius 2 is 1.82 bits per heavy atom. The number of benzene rings is 1. The van der Waals surface area contributed by atoms with Crippen molar-refractivity contribution in [2.45, 2.75) is 97.1 Å². The lowest BCUT2D eigenvalue weighted by atomic mass is 9.81. The fourth-order valence-electron chi connectivity index (χ4n) is 6.15. The lowest BCUT2D eigenvalue weighted by Gasteiger charge is -2.33. The van der Waals surface area contributed by atoms with Gasteiger partial charge < -0.3 is 24.5 Å². The van der Waals surface area contributed by atoms with Crippen LogP contribution in [0, 0.1) is 11.8 Å². The first-order chi connectivity index (χ1) is 18.1. The van der Waals surface area contributed by atoms with E-state index in [0.29, 0.717) is 36.0 Å². The van der Waals surface area contributed by atoms with Gasteiger partial charge in [-0.2, -0.15) is 0 Å².